The fourth-order valence-corrected chi connectivity index (χ4v) is 3.99. The van der Waals surface area contributed by atoms with Crippen molar-refractivity contribution >= 4 is 17.7 Å². The molecule has 1 amide bonds. The Balaban J connectivity index is 1.33. The highest BCUT2D eigenvalue weighted by Crippen LogP contribution is 2.21. The van der Waals surface area contributed by atoms with Crippen molar-refractivity contribution in [3.63, 3.8) is 0 Å². The van der Waals surface area contributed by atoms with E-state index in [-0.39, 0.29) is 12.0 Å². The molecule has 1 saturated heterocycles. The number of morpholine rings is 1. The third-order valence-electron chi connectivity index (χ3n) is 4.66. The van der Waals surface area contributed by atoms with E-state index in [4.69, 9.17) is 9.47 Å². The van der Waals surface area contributed by atoms with Crippen LogP contribution in [0.2, 0.25) is 0 Å². The summed E-state index contributed by atoms with van der Waals surface area (Å²) in [4.78, 5) is 15.7. The number of rotatable bonds is 9. The maximum absolute atomic E-state index is 12.1. The average Bonchev–Trinajstić information content (AvgIpc) is 2.74. The third kappa shape index (κ3) is 6.86. The molecule has 150 valence electrons. The van der Waals surface area contributed by atoms with Crippen LogP contribution in [-0.4, -0.2) is 56.0 Å². The highest BCUT2D eigenvalue weighted by atomic mass is 32.2. The Labute approximate surface area is 171 Å². The number of ether oxygens (including phenoxy) is 2. The number of thioether (sulfide) groups is 1. The first-order valence-corrected chi connectivity index (χ1v) is 10.6. The van der Waals surface area contributed by atoms with Crippen LogP contribution in [0.1, 0.15) is 12.0 Å². The molecule has 1 atom stereocenters. The average molecular weight is 401 g/mol. The largest absolute Gasteiger partial charge is 0.497 e. The lowest BCUT2D eigenvalue weighted by molar-refractivity contribution is -0.121. The van der Waals surface area contributed by atoms with Crippen molar-refractivity contribution < 1.29 is 14.3 Å². The van der Waals surface area contributed by atoms with Gasteiger partial charge in [0.25, 0.3) is 0 Å². The molecule has 1 aliphatic heterocycles. The van der Waals surface area contributed by atoms with E-state index in [0.717, 1.165) is 36.0 Å². The first-order valence-electron chi connectivity index (χ1n) is 9.64. The van der Waals surface area contributed by atoms with Gasteiger partial charge >= 0.3 is 0 Å². The van der Waals surface area contributed by atoms with Crippen molar-refractivity contribution in [1.29, 1.82) is 0 Å². The second-order valence-corrected chi connectivity index (χ2v) is 7.96. The van der Waals surface area contributed by atoms with Gasteiger partial charge in [-0.25, -0.2) is 0 Å². The van der Waals surface area contributed by atoms with Crippen LogP contribution >= 0.6 is 11.8 Å². The van der Waals surface area contributed by atoms with E-state index in [9.17, 15) is 4.79 Å². The topological polar surface area (TPSA) is 50.8 Å². The van der Waals surface area contributed by atoms with Crippen molar-refractivity contribution in [3.8, 4) is 5.75 Å². The molecule has 0 bridgehead atoms. The van der Waals surface area contributed by atoms with Crippen molar-refractivity contribution in [1.82, 2.24) is 10.2 Å². The smallest absolute Gasteiger partial charge is 0.220 e. The van der Waals surface area contributed by atoms with Gasteiger partial charge in [-0.15, -0.1) is 11.8 Å². The summed E-state index contributed by atoms with van der Waals surface area (Å²) in [6, 6.07) is 18.4. The fraction of sp³-hybridized carbons (Fsp3) is 0.409. The predicted molar refractivity (Wildman–Crippen MR) is 113 cm³/mol. The van der Waals surface area contributed by atoms with Crippen LogP contribution in [0.15, 0.2) is 59.5 Å². The number of benzene rings is 2. The summed E-state index contributed by atoms with van der Waals surface area (Å²) in [5, 5.41) is 3.02. The molecule has 0 spiro atoms. The van der Waals surface area contributed by atoms with Gasteiger partial charge in [0.15, 0.2) is 0 Å². The van der Waals surface area contributed by atoms with E-state index < -0.39 is 0 Å². The minimum atomic E-state index is 0.0515. The summed E-state index contributed by atoms with van der Waals surface area (Å²) >= 11 is 1.68. The van der Waals surface area contributed by atoms with E-state index in [1.54, 1.807) is 18.9 Å². The van der Waals surface area contributed by atoms with Gasteiger partial charge in [0.05, 0.1) is 19.8 Å². The van der Waals surface area contributed by atoms with Gasteiger partial charge in [0, 0.05) is 43.2 Å². The van der Waals surface area contributed by atoms with E-state index in [1.165, 1.54) is 5.56 Å². The number of carbonyl (C=O) groups excluding carboxylic acids is 1. The summed E-state index contributed by atoms with van der Waals surface area (Å²) < 4.78 is 11.0. The van der Waals surface area contributed by atoms with Crippen LogP contribution in [0, 0.1) is 0 Å². The normalized spacial score (nSPS) is 17.2. The Hall–Kier alpha value is -2.02. The summed E-state index contributed by atoms with van der Waals surface area (Å²) in [5.41, 5.74) is 1.31. The highest BCUT2D eigenvalue weighted by molar-refractivity contribution is 7.99. The lowest BCUT2D eigenvalue weighted by atomic mass is 10.2. The monoisotopic (exact) mass is 400 g/mol. The van der Waals surface area contributed by atoms with Gasteiger partial charge in [-0.2, -0.15) is 0 Å². The molecule has 2 aromatic carbocycles. The number of hydrogen-bond acceptors (Lipinski definition) is 5. The standard InChI is InChI=1S/C22H28N2O3S/c1-26-19-7-9-21(10-8-19)28-14-11-22(25)23-15-20-17-24(12-13-27-20)16-18-5-3-2-4-6-18/h2-10,20H,11-17H2,1H3,(H,23,25). The second kappa shape index (κ2) is 11.1. The van der Waals surface area contributed by atoms with Gasteiger partial charge < -0.3 is 14.8 Å². The van der Waals surface area contributed by atoms with Crippen LogP contribution in [0.5, 0.6) is 5.75 Å². The first-order chi connectivity index (χ1) is 13.7. The molecule has 3 rings (SSSR count). The maximum atomic E-state index is 12.1. The number of amides is 1. The van der Waals surface area contributed by atoms with E-state index in [2.05, 4.69) is 34.5 Å². The van der Waals surface area contributed by atoms with Gasteiger partial charge in [-0.1, -0.05) is 30.3 Å². The molecule has 28 heavy (non-hydrogen) atoms. The molecule has 6 heteroatoms. The SMILES string of the molecule is COc1ccc(SCCC(=O)NCC2CN(Cc3ccccc3)CCO2)cc1. The zero-order chi connectivity index (χ0) is 19.6. The summed E-state index contributed by atoms with van der Waals surface area (Å²) in [6.07, 6.45) is 0.549. The van der Waals surface area contributed by atoms with Gasteiger partial charge in [-0.05, 0) is 29.8 Å². The Morgan fingerprint density at radius 3 is 2.75 bits per heavy atom. The first kappa shape index (κ1) is 20.7. The van der Waals surface area contributed by atoms with Crippen LogP contribution < -0.4 is 10.1 Å². The second-order valence-electron chi connectivity index (χ2n) is 6.79. The minimum Gasteiger partial charge on any atom is -0.497 e. The zero-order valence-electron chi connectivity index (χ0n) is 16.3. The number of methoxy groups -OCH3 is 1. The van der Waals surface area contributed by atoms with Crippen molar-refractivity contribution in [2.45, 2.75) is 24.0 Å². The fourth-order valence-electron chi connectivity index (χ4n) is 3.14. The molecule has 0 aromatic heterocycles. The van der Waals surface area contributed by atoms with Crippen molar-refractivity contribution in [2.24, 2.45) is 0 Å². The quantitative estimate of drug-likeness (QED) is 0.655. The lowest BCUT2D eigenvalue weighted by Gasteiger charge is -2.33. The van der Waals surface area contributed by atoms with E-state index in [0.29, 0.717) is 19.6 Å². The number of nitrogens with one attached hydrogen (secondary N) is 1. The number of hydrogen-bond donors (Lipinski definition) is 1. The van der Waals surface area contributed by atoms with Crippen LogP contribution in [0.3, 0.4) is 0 Å². The summed E-state index contributed by atoms with van der Waals surface area (Å²) in [5.74, 6) is 1.67. The zero-order valence-corrected chi connectivity index (χ0v) is 17.1. The summed E-state index contributed by atoms with van der Waals surface area (Å²) in [7, 11) is 1.66. The van der Waals surface area contributed by atoms with Gasteiger partial charge in [0.2, 0.25) is 5.91 Å². The molecule has 1 unspecified atom stereocenters. The molecule has 0 radical (unpaired) electrons. The van der Waals surface area contributed by atoms with Crippen LogP contribution in [0.4, 0.5) is 0 Å². The van der Waals surface area contributed by atoms with Gasteiger partial charge in [0.1, 0.15) is 5.75 Å². The Morgan fingerprint density at radius 2 is 2.00 bits per heavy atom. The maximum Gasteiger partial charge on any atom is 0.220 e. The van der Waals surface area contributed by atoms with Gasteiger partial charge in [-0.3, -0.25) is 9.69 Å². The molecule has 1 aliphatic rings. The molecule has 2 aromatic rings. The van der Waals surface area contributed by atoms with E-state index in [1.807, 2.05) is 30.3 Å². The Bertz CT molecular complexity index is 724. The van der Waals surface area contributed by atoms with Crippen LogP contribution in [0.25, 0.3) is 0 Å². The molecule has 1 heterocycles. The molecule has 1 fully saturated rings. The minimum absolute atomic E-state index is 0.0515. The van der Waals surface area contributed by atoms with Crippen LogP contribution in [-0.2, 0) is 16.1 Å². The van der Waals surface area contributed by atoms with Crippen molar-refractivity contribution in [3.05, 3.63) is 60.2 Å². The molecular weight excluding hydrogens is 372 g/mol. The highest BCUT2D eigenvalue weighted by Gasteiger charge is 2.21. The Morgan fingerprint density at radius 1 is 1.21 bits per heavy atom. The third-order valence-corrected chi connectivity index (χ3v) is 5.67. The lowest BCUT2D eigenvalue weighted by Crippen LogP contribution is -2.47. The molecule has 1 N–H and O–H groups in total. The van der Waals surface area contributed by atoms with Crippen molar-refractivity contribution in [2.75, 3.05) is 39.1 Å². The molecule has 0 saturated carbocycles. The molecular formula is C22H28N2O3S. The number of nitrogens with zero attached hydrogens (tertiary/aromatic N) is 1. The number of carbonyl (C=O) groups is 1. The predicted octanol–water partition coefficient (Wildman–Crippen LogP) is 3.19. The molecule has 0 aliphatic carbocycles. The molecule has 5 nitrogen and oxygen atoms in total. The summed E-state index contributed by atoms with van der Waals surface area (Å²) in [6.45, 7) is 3.97. The van der Waals surface area contributed by atoms with E-state index >= 15 is 0 Å². The Kier molecular flexibility index (Phi) is 8.21.